The van der Waals surface area contributed by atoms with Crippen molar-refractivity contribution in [1.29, 1.82) is 0 Å². The minimum Gasteiger partial charge on any atom is -0.377 e. The quantitative estimate of drug-likeness (QED) is 0.792. The summed E-state index contributed by atoms with van der Waals surface area (Å²) in [6, 6.07) is 13.3. The molecule has 17 heavy (non-hydrogen) atoms. The van der Waals surface area contributed by atoms with Crippen molar-refractivity contribution in [2.24, 2.45) is 0 Å². The standard InChI is InChI=1S/C15H19NS/c1-3-7-13-8-4-5-9-14(13)16-12(2)15-10-6-11-17-15/h4-6,8-12,16H,3,7H2,1-2H3. The molecule has 1 aromatic heterocycles. The van der Waals surface area contributed by atoms with Crippen LogP contribution in [0.3, 0.4) is 0 Å². The molecule has 1 nitrogen and oxygen atoms in total. The predicted octanol–water partition coefficient (Wildman–Crippen LogP) is 4.87. The molecule has 1 unspecified atom stereocenters. The van der Waals surface area contributed by atoms with Crippen LogP contribution in [0.25, 0.3) is 0 Å². The van der Waals surface area contributed by atoms with E-state index in [1.807, 2.05) is 0 Å². The highest BCUT2D eigenvalue weighted by Crippen LogP contribution is 2.25. The number of anilines is 1. The Labute approximate surface area is 108 Å². The molecule has 0 aliphatic rings. The SMILES string of the molecule is CCCc1ccccc1NC(C)c1cccs1. The van der Waals surface area contributed by atoms with Crippen LogP contribution in [0.2, 0.25) is 0 Å². The van der Waals surface area contributed by atoms with Gasteiger partial charge in [-0.1, -0.05) is 37.6 Å². The van der Waals surface area contributed by atoms with Crippen molar-refractivity contribution in [3.63, 3.8) is 0 Å². The Morgan fingerprint density at radius 2 is 2.00 bits per heavy atom. The molecule has 0 saturated carbocycles. The summed E-state index contributed by atoms with van der Waals surface area (Å²) in [5.41, 5.74) is 2.69. The smallest absolute Gasteiger partial charge is 0.0578 e. The lowest BCUT2D eigenvalue weighted by Gasteiger charge is -2.16. The molecule has 1 N–H and O–H groups in total. The van der Waals surface area contributed by atoms with Crippen LogP contribution in [0.15, 0.2) is 41.8 Å². The number of nitrogens with one attached hydrogen (secondary N) is 1. The van der Waals surface area contributed by atoms with Crippen LogP contribution in [-0.2, 0) is 6.42 Å². The summed E-state index contributed by atoms with van der Waals surface area (Å²) in [5.74, 6) is 0. The van der Waals surface area contributed by atoms with E-state index in [9.17, 15) is 0 Å². The lowest BCUT2D eigenvalue weighted by Crippen LogP contribution is -2.06. The van der Waals surface area contributed by atoms with Crippen molar-refractivity contribution in [3.8, 4) is 0 Å². The largest absolute Gasteiger partial charge is 0.377 e. The van der Waals surface area contributed by atoms with Crippen LogP contribution in [0, 0.1) is 0 Å². The van der Waals surface area contributed by atoms with Gasteiger partial charge >= 0.3 is 0 Å². The molecule has 2 heteroatoms. The van der Waals surface area contributed by atoms with Crippen LogP contribution >= 0.6 is 11.3 Å². The maximum absolute atomic E-state index is 3.61. The molecule has 2 rings (SSSR count). The van der Waals surface area contributed by atoms with Gasteiger partial charge in [-0.05, 0) is 36.4 Å². The summed E-state index contributed by atoms with van der Waals surface area (Å²) in [6.45, 7) is 4.44. The number of hydrogen-bond donors (Lipinski definition) is 1. The van der Waals surface area contributed by atoms with Gasteiger partial charge in [0.05, 0.1) is 6.04 Å². The van der Waals surface area contributed by atoms with Gasteiger partial charge in [-0.15, -0.1) is 11.3 Å². The minimum atomic E-state index is 0.382. The van der Waals surface area contributed by atoms with Gasteiger partial charge < -0.3 is 5.32 Å². The zero-order chi connectivity index (χ0) is 12.1. The van der Waals surface area contributed by atoms with Crippen molar-refractivity contribution < 1.29 is 0 Å². The van der Waals surface area contributed by atoms with E-state index >= 15 is 0 Å². The average Bonchev–Trinajstić information content (AvgIpc) is 2.85. The third-order valence-electron chi connectivity index (χ3n) is 2.88. The molecule has 1 atom stereocenters. The number of rotatable bonds is 5. The molecular weight excluding hydrogens is 226 g/mol. The summed E-state index contributed by atoms with van der Waals surface area (Å²) in [5, 5.41) is 5.74. The fourth-order valence-corrected chi connectivity index (χ4v) is 2.72. The van der Waals surface area contributed by atoms with Gasteiger partial charge in [0.2, 0.25) is 0 Å². The summed E-state index contributed by atoms with van der Waals surface area (Å²) in [4.78, 5) is 1.39. The molecule has 0 saturated heterocycles. The number of benzene rings is 1. The molecule has 0 fully saturated rings. The van der Waals surface area contributed by atoms with Crippen LogP contribution in [0.1, 0.15) is 36.8 Å². The molecule has 2 aromatic rings. The number of aryl methyl sites for hydroxylation is 1. The highest BCUT2D eigenvalue weighted by molar-refractivity contribution is 7.10. The van der Waals surface area contributed by atoms with E-state index in [4.69, 9.17) is 0 Å². The van der Waals surface area contributed by atoms with Gasteiger partial charge in [-0.3, -0.25) is 0 Å². The first-order valence-electron chi connectivity index (χ1n) is 6.19. The Bertz CT molecular complexity index is 448. The second kappa shape index (κ2) is 5.87. The van der Waals surface area contributed by atoms with Crippen molar-refractivity contribution in [2.45, 2.75) is 32.7 Å². The average molecular weight is 245 g/mol. The second-order valence-electron chi connectivity index (χ2n) is 4.29. The van der Waals surface area contributed by atoms with Gasteiger partial charge in [-0.2, -0.15) is 0 Å². The zero-order valence-corrected chi connectivity index (χ0v) is 11.3. The fourth-order valence-electron chi connectivity index (χ4n) is 1.99. The van der Waals surface area contributed by atoms with Gasteiger partial charge in [0.25, 0.3) is 0 Å². The van der Waals surface area contributed by atoms with Crippen LogP contribution in [-0.4, -0.2) is 0 Å². The highest BCUT2D eigenvalue weighted by Gasteiger charge is 2.08. The van der Waals surface area contributed by atoms with E-state index in [2.05, 4.69) is 60.9 Å². The maximum atomic E-state index is 3.61. The Balaban J connectivity index is 2.12. The molecule has 0 aliphatic carbocycles. The van der Waals surface area contributed by atoms with E-state index in [1.165, 1.54) is 22.5 Å². The third kappa shape index (κ3) is 3.10. The number of thiophene rings is 1. The van der Waals surface area contributed by atoms with E-state index in [0.29, 0.717) is 6.04 Å². The van der Waals surface area contributed by atoms with E-state index in [-0.39, 0.29) is 0 Å². The summed E-state index contributed by atoms with van der Waals surface area (Å²) < 4.78 is 0. The summed E-state index contributed by atoms with van der Waals surface area (Å²) in [7, 11) is 0. The molecule has 0 aliphatic heterocycles. The lowest BCUT2D eigenvalue weighted by molar-refractivity contribution is 0.882. The van der Waals surface area contributed by atoms with Crippen LogP contribution < -0.4 is 5.32 Å². The maximum Gasteiger partial charge on any atom is 0.0578 e. The third-order valence-corrected chi connectivity index (χ3v) is 3.93. The minimum absolute atomic E-state index is 0.382. The Hall–Kier alpha value is -1.28. The molecule has 90 valence electrons. The normalized spacial score (nSPS) is 12.4. The molecular formula is C15H19NS. The zero-order valence-electron chi connectivity index (χ0n) is 10.4. The van der Waals surface area contributed by atoms with E-state index in [1.54, 1.807) is 11.3 Å². The molecule has 0 radical (unpaired) electrons. The van der Waals surface area contributed by atoms with Crippen molar-refractivity contribution in [1.82, 2.24) is 0 Å². The Kier molecular flexibility index (Phi) is 4.21. The van der Waals surface area contributed by atoms with Crippen molar-refractivity contribution >= 4 is 17.0 Å². The number of para-hydroxylation sites is 1. The van der Waals surface area contributed by atoms with Gasteiger partial charge in [0.1, 0.15) is 0 Å². The first kappa shape index (κ1) is 12.2. The first-order chi connectivity index (χ1) is 8.31. The van der Waals surface area contributed by atoms with Crippen molar-refractivity contribution in [3.05, 3.63) is 52.2 Å². The predicted molar refractivity (Wildman–Crippen MR) is 76.8 cm³/mol. The van der Waals surface area contributed by atoms with E-state index < -0.39 is 0 Å². The Morgan fingerprint density at radius 3 is 2.71 bits per heavy atom. The van der Waals surface area contributed by atoms with Gasteiger partial charge in [-0.25, -0.2) is 0 Å². The second-order valence-corrected chi connectivity index (χ2v) is 5.27. The highest BCUT2D eigenvalue weighted by atomic mass is 32.1. The van der Waals surface area contributed by atoms with Crippen LogP contribution in [0.4, 0.5) is 5.69 Å². The van der Waals surface area contributed by atoms with Gasteiger partial charge in [0.15, 0.2) is 0 Å². The molecule has 1 aromatic carbocycles. The van der Waals surface area contributed by atoms with E-state index in [0.717, 1.165) is 6.42 Å². The molecule has 1 heterocycles. The van der Waals surface area contributed by atoms with Gasteiger partial charge in [0, 0.05) is 10.6 Å². The first-order valence-corrected chi connectivity index (χ1v) is 7.07. The fraction of sp³-hybridized carbons (Fsp3) is 0.333. The molecule has 0 bridgehead atoms. The lowest BCUT2D eigenvalue weighted by atomic mass is 10.1. The summed E-state index contributed by atoms with van der Waals surface area (Å²) >= 11 is 1.81. The molecule has 0 spiro atoms. The monoisotopic (exact) mass is 245 g/mol. The number of hydrogen-bond acceptors (Lipinski definition) is 2. The topological polar surface area (TPSA) is 12.0 Å². The van der Waals surface area contributed by atoms with Crippen molar-refractivity contribution in [2.75, 3.05) is 5.32 Å². The molecule has 0 amide bonds. The van der Waals surface area contributed by atoms with Crippen LogP contribution in [0.5, 0.6) is 0 Å². The Morgan fingerprint density at radius 1 is 1.18 bits per heavy atom. The summed E-state index contributed by atoms with van der Waals surface area (Å²) in [6.07, 6.45) is 2.33.